The summed E-state index contributed by atoms with van der Waals surface area (Å²) in [7, 11) is 0. The molecule has 1 aromatic heterocycles. The Morgan fingerprint density at radius 3 is 2.30 bits per heavy atom. The van der Waals surface area contributed by atoms with Gasteiger partial charge in [0.05, 0.1) is 0 Å². The van der Waals surface area contributed by atoms with Gasteiger partial charge in [0, 0.05) is 44.4 Å². The van der Waals surface area contributed by atoms with Gasteiger partial charge in [-0.15, -0.1) is 0 Å². The molecule has 6 heteroatoms. The number of hydrogen-bond acceptors (Lipinski definition) is 3. The standard InChI is InChI=1S/C17H23N3O3/c21-15-7-3-4-8-20(15)13-16(22)18-9-11-19(12-10-18)17(23)14-5-1-2-6-14/h3-4,7-8,14H,1-2,5-6,9-13H2. The molecule has 0 radical (unpaired) electrons. The first kappa shape index (κ1) is 15.8. The fourth-order valence-corrected chi connectivity index (χ4v) is 3.44. The molecule has 2 amide bonds. The lowest BCUT2D eigenvalue weighted by molar-refractivity contribution is -0.142. The maximum Gasteiger partial charge on any atom is 0.250 e. The van der Waals surface area contributed by atoms with E-state index in [0.29, 0.717) is 26.2 Å². The highest BCUT2D eigenvalue weighted by molar-refractivity contribution is 5.80. The van der Waals surface area contributed by atoms with E-state index < -0.39 is 0 Å². The third kappa shape index (κ3) is 3.63. The molecule has 0 aromatic carbocycles. The van der Waals surface area contributed by atoms with E-state index in [1.807, 2.05) is 4.90 Å². The second kappa shape index (κ2) is 6.98. The number of piperazine rings is 1. The largest absolute Gasteiger partial charge is 0.339 e. The van der Waals surface area contributed by atoms with Crippen LogP contribution in [-0.4, -0.2) is 52.4 Å². The van der Waals surface area contributed by atoms with Gasteiger partial charge in [-0.05, 0) is 18.9 Å². The zero-order chi connectivity index (χ0) is 16.2. The van der Waals surface area contributed by atoms with Crippen molar-refractivity contribution >= 4 is 11.8 Å². The first-order valence-electron chi connectivity index (χ1n) is 8.37. The van der Waals surface area contributed by atoms with E-state index in [4.69, 9.17) is 0 Å². The van der Waals surface area contributed by atoms with Gasteiger partial charge < -0.3 is 14.4 Å². The number of amides is 2. The minimum absolute atomic E-state index is 0.0636. The van der Waals surface area contributed by atoms with Crippen molar-refractivity contribution in [3.8, 4) is 0 Å². The van der Waals surface area contributed by atoms with Crippen LogP contribution in [0.25, 0.3) is 0 Å². The van der Waals surface area contributed by atoms with Crippen molar-refractivity contribution in [3.05, 3.63) is 34.7 Å². The van der Waals surface area contributed by atoms with Gasteiger partial charge in [0.1, 0.15) is 6.54 Å². The van der Waals surface area contributed by atoms with Crippen molar-refractivity contribution in [2.75, 3.05) is 26.2 Å². The van der Waals surface area contributed by atoms with Crippen LogP contribution in [0.15, 0.2) is 29.2 Å². The van der Waals surface area contributed by atoms with Crippen LogP contribution in [-0.2, 0) is 16.1 Å². The molecule has 0 spiro atoms. The van der Waals surface area contributed by atoms with Gasteiger partial charge in [0.2, 0.25) is 11.8 Å². The zero-order valence-electron chi connectivity index (χ0n) is 13.3. The monoisotopic (exact) mass is 317 g/mol. The highest BCUT2D eigenvalue weighted by Gasteiger charge is 2.30. The number of hydrogen-bond donors (Lipinski definition) is 0. The molecule has 2 fully saturated rings. The van der Waals surface area contributed by atoms with Crippen LogP contribution in [0, 0.1) is 5.92 Å². The zero-order valence-corrected chi connectivity index (χ0v) is 13.3. The smallest absolute Gasteiger partial charge is 0.250 e. The maximum atomic E-state index is 12.4. The summed E-state index contributed by atoms with van der Waals surface area (Å²) in [6, 6.07) is 4.86. The van der Waals surface area contributed by atoms with E-state index in [2.05, 4.69) is 0 Å². The summed E-state index contributed by atoms with van der Waals surface area (Å²) in [5.41, 5.74) is -0.170. The fourth-order valence-electron chi connectivity index (χ4n) is 3.44. The molecule has 124 valence electrons. The molecule has 3 rings (SSSR count). The van der Waals surface area contributed by atoms with Crippen molar-refractivity contribution in [1.82, 2.24) is 14.4 Å². The Morgan fingerprint density at radius 1 is 1.00 bits per heavy atom. The van der Waals surface area contributed by atoms with Crippen LogP contribution in [0.2, 0.25) is 0 Å². The molecule has 0 unspecified atom stereocenters. The molecule has 1 saturated heterocycles. The Bertz CT molecular complexity index is 626. The molecule has 1 aliphatic carbocycles. The van der Waals surface area contributed by atoms with Crippen LogP contribution in [0.5, 0.6) is 0 Å². The highest BCUT2D eigenvalue weighted by Crippen LogP contribution is 2.26. The van der Waals surface area contributed by atoms with Crippen molar-refractivity contribution in [3.63, 3.8) is 0 Å². The summed E-state index contributed by atoms with van der Waals surface area (Å²) >= 11 is 0. The summed E-state index contributed by atoms with van der Waals surface area (Å²) in [6.07, 6.45) is 5.95. The Hall–Kier alpha value is -2.11. The van der Waals surface area contributed by atoms with Crippen molar-refractivity contribution in [2.45, 2.75) is 32.2 Å². The molecule has 6 nitrogen and oxygen atoms in total. The van der Waals surface area contributed by atoms with E-state index in [1.165, 1.54) is 10.6 Å². The predicted octanol–water partition coefficient (Wildman–Crippen LogP) is 0.709. The minimum atomic E-state index is -0.170. The van der Waals surface area contributed by atoms with E-state index in [-0.39, 0.29) is 29.8 Å². The number of pyridine rings is 1. The minimum Gasteiger partial charge on any atom is -0.339 e. The van der Waals surface area contributed by atoms with Gasteiger partial charge in [0.15, 0.2) is 0 Å². The average molecular weight is 317 g/mol. The molecular formula is C17H23N3O3. The van der Waals surface area contributed by atoms with Gasteiger partial charge in [-0.25, -0.2) is 0 Å². The Labute approximate surface area is 135 Å². The summed E-state index contributed by atoms with van der Waals surface area (Å²) in [4.78, 5) is 40.0. The summed E-state index contributed by atoms with van der Waals surface area (Å²) in [6.45, 7) is 2.38. The third-order valence-corrected chi connectivity index (χ3v) is 4.85. The molecule has 2 aliphatic rings. The Morgan fingerprint density at radius 2 is 1.65 bits per heavy atom. The highest BCUT2D eigenvalue weighted by atomic mass is 16.2. The first-order chi connectivity index (χ1) is 11.1. The van der Waals surface area contributed by atoms with Gasteiger partial charge in [-0.2, -0.15) is 0 Å². The molecule has 0 N–H and O–H groups in total. The molecule has 1 aromatic rings. The summed E-state index contributed by atoms with van der Waals surface area (Å²) < 4.78 is 1.42. The molecule has 0 bridgehead atoms. The molecule has 23 heavy (non-hydrogen) atoms. The lowest BCUT2D eigenvalue weighted by atomic mass is 10.1. The topological polar surface area (TPSA) is 62.6 Å². The molecule has 2 heterocycles. The molecule has 0 atom stereocenters. The summed E-state index contributed by atoms with van der Waals surface area (Å²) in [5.74, 6) is 0.389. The number of carbonyl (C=O) groups is 2. The van der Waals surface area contributed by atoms with Gasteiger partial charge in [-0.3, -0.25) is 14.4 Å². The van der Waals surface area contributed by atoms with Crippen LogP contribution < -0.4 is 5.56 Å². The third-order valence-electron chi connectivity index (χ3n) is 4.85. The average Bonchev–Trinajstić information content (AvgIpc) is 3.11. The van der Waals surface area contributed by atoms with E-state index in [9.17, 15) is 14.4 Å². The number of carbonyl (C=O) groups excluding carboxylic acids is 2. The predicted molar refractivity (Wildman–Crippen MR) is 85.8 cm³/mol. The Balaban J connectivity index is 1.52. The lowest BCUT2D eigenvalue weighted by Gasteiger charge is -2.36. The van der Waals surface area contributed by atoms with Gasteiger partial charge in [-0.1, -0.05) is 18.9 Å². The van der Waals surface area contributed by atoms with Gasteiger partial charge in [0.25, 0.3) is 5.56 Å². The molecule has 1 saturated carbocycles. The van der Waals surface area contributed by atoms with E-state index >= 15 is 0 Å². The van der Waals surface area contributed by atoms with Crippen molar-refractivity contribution < 1.29 is 9.59 Å². The van der Waals surface area contributed by atoms with Crippen LogP contribution >= 0.6 is 0 Å². The molecular weight excluding hydrogens is 294 g/mol. The normalized spacial score (nSPS) is 19.1. The molecule has 1 aliphatic heterocycles. The first-order valence-corrected chi connectivity index (χ1v) is 8.37. The van der Waals surface area contributed by atoms with E-state index in [0.717, 1.165) is 25.7 Å². The van der Waals surface area contributed by atoms with Crippen LogP contribution in [0.1, 0.15) is 25.7 Å². The van der Waals surface area contributed by atoms with Crippen LogP contribution in [0.4, 0.5) is 0 Å². The SMILES string of the molecule is O=C(Cn1ccccc1=O)N1CCN(C(=O)C2CCCC2)CC1. The van der Waals surface area contributed by atoms with Crippen molar-refractivity contribution in [1.29, 1.82) is 0 Å². The lowest BCUT2D eigenvalue weighted by Crippen LogP contribution is -2.52. The van der Waals surface area contributed by atoms with Crippen molar-refractivity contribution in [2.24, 2.45) is 5.92 Å². The Kier molecular flexibility index (Phi) is 4.79. The number of aromatic nitrogens is 1. The fraction of sp³-hybridized carbons (Fsp3) is 0.588. The van der Waals surface area contributed by atoms with E-state index in [1.54, 1.807) is 23.2 Å². The quantitative estimate of drug-likeness (QED) is 0.825. The number of nitrogens with zero attached hydrogens (tertiary/aromatic N) is 3. The van der Waals surface area contributed by atoms with Gasteiger partial charge >= 0.3 is 0 Å². The second-order valence-electron chi connectivity index (χ2n) is 6.35. The summed E-state index contributed by atoms with van der Waals surface area (Å²) in [5, 5.41) is 0. The second-order valence-corrected chi connectivity index (χ2v) is 6.35. The maximum absolute atomic E-state index is 12.4. The van der Waals surface area contributed by atoms with Crippen LogP contribution in [0.3, 0.4) is 0 Å². The number of rotatable bonds is 3.